The first-order chi connectivity index (χ1) is 7.79. The molecule has 0 unspecified atom stereocenters. The highest BCUT2D eigenvalue weighted by Crippen LogP contribution is 2.07. The van der Waals surface area contributed by atoms with Crippen LogP contribution >= 0.6 is 0 Å². The number of guanidine groups is 1. The van der Waals surface area contributed by atoms with Gasteiger partial charge in [0, 0.05) is 25.4 Å². The van der Waals surface area contributed by atoms with Crippen LogP contribution in [0.3, 0.4) is 0 Å². The molecule has 0 spiro atoms. The predicted molar refractivity (Wildman–Crippen MR) is 60.1 cm³/mol. The lowest BCUT2D eigenvalue weighted by atomic mass is 10.2. The van der Waals surface area contributed by atoms with E-state index < -0.39 is 0 Å². The molecule has 0 bridgehead atoms. The molecule has 86 valence electrons. The van der Waals surface area contributed by atoms with Gasteiger partial charge in [0.25, 0.3) is 0 Å². The van der Waals surface area contributed by atoms with E-state index in [1.54, 1.807) is 19.4 Å². The first kappa shape index (κ1) is 10.7. The lowest BCUT2D eigenvalue weighted by Crippen LogP contribution is -2.46. The molecule has 0 aliphatic carbocycles. The van der Waals surface area contributed by atoms with E-state index in [-0.39, 0.29) is 0 Å². The molecule has 2 heterocycles. The molecule has 16 heavy (non-hydrogen) atoms. The molecule has 1 saturated heterocycles. The number of hydrogen-bond donors (Lipinski definition) is 1. The molecular formula is C10H15N5O. The Kier molecular flexibility index (Phi) is 3.19. The Balaban J connectivity index is 1.97. The molecule has 6 nitrogen and oxygen atoms in total. The van der Waals surface area contributed by atoms with Gasteiger partial charge in [-0.15, -0.1) is 0 Å². The minimum Gasteiger partial charge on any atom is -0.481 e. The Morgan fingerprint density at radius 2 is 2.44 bits per heavy atom. The van der Waals surface area contributed by atoms with Crippen molar-refractivity contribution in [2.75, 3.05) is 20.2 Å². The number of hydrogen-bond acceptors (Lipinski definition) is 4. The SMILES string of the molecule is COc1ccnc(CN=C(N)N2CCC2)n1. The van der Waals surface area contributed by atoms with Gasteiger partial charge in [0.2, 0.25) is 5.88 Å². The third kappa shape index (κ3) is 2.39. The van der Waals surface area contributed by atoms with Gasteiger partial charge in [-0.25, -0.2) is 9.98 Å². The third-order valence-electron chi connectivity index (χ3n) is 2.45. The number of nitrogens with zero attached hydrogens (tertiary/aromatic N) is 4. The monoisotopic (exact) mass is 221 g/mol. The molecule has 1 aromatic rings. The van der Waals surface area contributed by atoms with E-state index in [0.717, 1.165) is 13.1 Å². The number of aromatic nitrogens is 2. The first-order valence-electron chi connectivity index (χ1n) is 5.20. The minimum absolute atomic E-state index is 0.388. The number of methoxy groups -OCH3 is 1. The maximum absolute atomic E-state index is 5.79. The zero-order chi connectivity index (χ0) is 11.4. The Labute approximate surface area is 94.2 Å². The van der Waals surface area contributed by atoms with Gasteiger partial charge in [-0.2, -0.15) is 4.98 Å². The number of ether oxygens (including phenoxy) is 1. The van der Waals surface area contributed by atoms with E-state index >= 15 is 0 Å². The van der Waals surface area contributed by atoms with Gasteiger partial charge in [-0.05, 0) is 6.42 Å². The highest BCUT2D eigenvalue weighted by atomic mass is 16.5. The summed E-state index contributed by atoms with van der Waals surface area (Å²) < 4.78 is 5.00. The summed E-state index contributed by atoms with van der Waals surface area (Å²) in [4.78, 5) is 14.5. The summed E-state index contributed by atoms with van der Waals surface area (Å²) >= 11 is 0. The molecule has 6 heteroatoms. The van der Waals surface area contributed by atoms with Crippen molar-refractivity contribution in [1.29, 1.82) is 0 Å². The second kappa shape index (κ2) is 4.78. The van der Waals surface area contributed by atoms with Crippen molar-refractivity contribution in [3.63, 3.8) is 0 Å². The molecule has 2 N–H and O–H groups in total. The van der Waals surface area contributed by atoms with Crippen LogP contribution in [0.5, 0.6) is 5.88 Å². The molecule has 0 saturated carbocycles. The minimum atomic E-state index is 0.388. The van der Waals surface area contributed by atoms with Crippen molar-refractivity contribution < 1.29 is 4.74 Å². The van der Waals surface area contributed by atoms with Crippen molar-refractivity contribution in [2.24, 2.45) is 10.7 Å². The Hall–Kier alpha value is -1.85. The molecule has 1 fully saturated rings. The van der Waals surface area contributed by atoms with Crippen LogP contribution in [0.15, 0.2) is 17.3 Å². The van der Waals surface area contributed by atoms with Crippen molar-refractivity contribution in [2.45, 2.75) is 13.0 Å². The number of likely N-dealkylation sites (tertiary alicyclic amines) is 1. The van der Waals surface area contributed by atoms with Crippen LogP contribution in [0, 0.1) is 0 Å². The van der Waals surface area contributed by atoms with E-state index in [1.165, 1.54) is 6.42 Å². The largest absolute Gasteiger partial charge is 0.481 e. The zero-order valence-electron chi connectivity index (χ0n) is 9.26. The first-order valence-corrected chi connectivity index (χ1v) is 5.20. The molecule has 1 aliphatic heterocycles. The fraction of sp³-hybridized carbons (Fsp3) is 0.500. The molecule has 0 amide bonds. The highest BCUT2D eigenvalue weighted by Gasteiger charge is 2.15. The lowest BCUT2D eigenvalue weighted by molar-refractivity contribution is 0.295. The van der Waals surface area contributed by atoms with Gasteiger partial charge >= 0.3 is 0 Å². The van der Waals surface area contributed by atoms with Gasteiger partial charge in [0.05, 0.1) is 7.11 Å². The molecular weight excluding hydrogens is 206 g/mol. The van der Waals surface area contributed by atoms with Crippen LogP contribution in [0.1, 0.15) is 12.2 Å². The Morgan fingerprint density at radius 1 is 1.62 bits per heavy atom. The summed E-state index contributed by atoms with van der Waals surface area (Å²) in [7, 11) is 1.57. The number of rotatable bonds is 3. The summed E-state index contributed by atoms with van der Waals surface area (Å²) in [5, 5.41) is 0. The van der Waals surface area contributed by atoms with Crippen molar-refractivity contribution in [3.05, 3.63) is 18.1 Å². The second-order valence-corrected chi connectivity index (χ2v) is 3.53. The molecule has 1 aliphatic rings. The highest BCUT2D eigenvalue weighted by molar-refractivity contribution is 5.78. The van der Waals surface area contributed by atoms with Crippen LogP contribution in [0.4, 0.5) is 0 Å². The van der Waals surface area contributed by atoms with E-state index in [4.69, 9.17) is 10.5 Å². The maximum atomic E-state index is 5.79. The Bertz CT molecular complexity index is 389. The average molecular weight is 221 g/mol. The molecule has 0 atom stereocenters. The quantitative estimate of drug-likeness (QED) is 0.574. The predicted octanol–water partition coefficient (Wildman–Crippen LogP) is 0.00560. The van der Waals surface area contributed by atoms with Crippen LogP contribution in [-0.2, 0) is 6.54 Å². The van der Waals surface area contributed by atoms with Crippen LogP contribution in [-0.4, -0.2) is 41.0 Å². The molecule has 1 aromatic heterocycles. The summed E-state index contributed by atoms with van der Waals surface area (Å²) in [6.45, 7) is 2.38. The summed E-state index contributed by atoms with van der Waals surface area (Å²) in [5.74, 6) is 1.73. The van der Waals surface area contributed by atoms with E-state index in [2.05, 4.69) is 15.0 Å². The van der Waals surface area contributed by atoms with Crippen molar-refractivity contribution >= 4 is 5.96 Å². The second-order valence-electron chi connectivity index (χ2n) is 3.53. The smallest absolute Gasteiger partial charge is 0.216 e. The van der Waals surface area contributed by atoms with Gasteiger partial charge in [0.1, 0.15) is 6.54 Å². The van der Waals surface area contributed by atoms with Gasteiger partial charge in [-0.3, -0.25) is 0 Å². The Morgan fingerprint density at radius 3 is 3.06 bits per heavy atom. The van der Waals surface area contributed by atoms with Crippen LogP contribution in [0.2, 0.25) is 0 Å². The summed E-state index contributed by atoms with van der Waals surface area (Å²) in [6.07, 6.45) is 2.84. The number of nitrogens with two attached hydrogens (primary N) is 1. The van der Waals surface area contributed by atoms with Crippen LogP contribution in [0.25, 0.3) is 0 Å². The number of aliphatic imine (C=N–C) groups is 1. The molecule has 0 radical (unpaired) electrons. The lowest BCUT2D eigenvalue weighted by Gasteiger charge is -2.31. The summed E-state index contributed by atoms with van der Waals surface area (Å²) in [5.41, 5.74) is 5.79. The molecule has 2 rings (SSSR count). The third-order valence-corrected chi connectivity index (χ3v) is 2.45. The van der Waals surface area contributed by atoms with Gasteiger partial charge in [0.15, 0.2) is 11.8 Å². The fourth-order valence-corrected chi connectivity index (χ4v) is 1.37. The maximum Gasteiger partial charge on any atom is 0.216 e. The normalized spacial score (nSPS) is 15.8. The standard InChI is InChI=1S/C10H15N5O/c1-16-9-3-4-12-8(14-9)7-13-10(11)15-5-2-6-15/h3-4H,2,5-7H2,1H3,(H2,11,13). The fourth-order valence-electron chi connectivity index (χ4n) is 1.37. The van der Waals surface area contributed by atoms with Crippen molar-refractivity contribution in [3.8, 4) is 5.88 Å². The van der Waals surface area contributed by atoms with Crippen LogP contribution < -0.4 is 10.5 Å². The van der Waals surface area contributed by atoms with E-state index in [0.29, 0.717) is 24.2 Å². The molecule has 0 aromatic carbocycles. The average Bonchev–Trinajstić information content (AvgIpc) is 2.24. The van der Waals surface area contributed by atoms with E-state index in [1.807, 2.05) is 4.90 Å². The van der Waals surface area contributed by atoms with Crippen molar-refractivity contribution in [1.82, 2.24) is 14.9 Å². The summed E-state index contributed by atoms with van der Waals surface area (Å²) in [6, 6.07) is 1.70. The topological polar surface area (TPSA) is 76.6 Å². The van der Waals surface area contributed by atoms with Gasteiger partial charge in [-0.1, -0.05) is 0 Å². The van der Waals surface area contributed by atoms with E-state index in [9.17, 15) is 0 Å². The van der Waals surface area contributed by atoms with Gasteiger partial charge < -0.3 is 15.4 Å². The zero-order valence-corrected chi connectivity index (χ0v) is 9.26.